The summed E-state index contributed by atoms with van der Waals surface area (Å²) in [5.41, 5.74) is -0.664. The number of hydrogen-bond acceptors (Lipinski definition) is 2. The van der Waals surface area contributed by atoms with Crippen molar-refractivity contribution in [3.8, 4) is 0 Å². The van der Waals surface area contributed by atoms with Crippen LogP contribution in [0.1, 0.15) is 27.2 Å². The Bertz CT molecular complexity index is 310. The molecule has 1 aliphatic heterocycles. The van der Waals surface area contributed by atoms with Crippen LogP contribution in [0.25, 0.3) is 0 Å². The van der Waals surface area contributed by atoms with Gasteiger partial charge >= 0.3 is 6.09 Å². The van der Waals surface area contributed by atoms with E-state index < -0.39 is 30.1 Å². The maximum Gasteiger partial charge on any atom is 0.410 e. The van der Waals surface area contributed by atoms with Gasteiger partial charge in [-0.15, -0.1) is 6.58 Å². The number of alkyl halides is 2. The Labute approximate surface area is 100 Å². The number of nitrogens with zero attached hydrogens (tertiary/aromatic N) is 1. The van der Waals surface area contributed by atoms with Crippen molar-refractivity contribution in [3.63, 3.8) is 0 Å². The van der Waals surface area contributed by atoms with Gasteiger partial charge in [0, 0.05) is 12.5 Å². The Morgan fingerprint density at radius 2 is 2.18 bits per heavy atom. The van der Waals surface area contributed by atoms with Crippen molar-refractivity contribution in [2.24, 2.45) is 5.92 Å². The van der Waals surface area contributed by atoms with Gasteiger partial charge in [0.25, 0.3) is 5.92 Å². The molecule has 3 nitrogen and oxygen atoms in total. The molecule has 0 bridgehead atoms. The van der Waals surface area contributed by atoms with E-state index in [4.69, 9.17) is 4.74 Å². The Kier molecular flexibility index (Phi) is 3.79. The number of carbonyl (C=O) groups is 1. The molecule has 5 heteroatoms. The summed E-state index contributed by atoms with van der Waals surface area (Å²) in [6, 6.07) is 0. The van der Waals surface area contributed by atoms with Crippen LogP contribution in [0.5, 0.6) is 0 Å². The van der Waals surface area contributed by atoms with Crippen LogP contribution in [-0.4, -0.2) is 35.6 Å². The number of likely N-dealkylation sites (tertiary alicyclic amines) is 1. The van der Waals surface area contributed by atoms with Crippen molar-refractivity contribution < 1.29 is 18.3 Å². The Morgan fingerprint density at radius 3 is 2.65 bits per heavy atom. The molecule has 1 fully saturated rings. The van der Waals surface area contributed by atoms with E-state index in [2.05, 4.69) is 6.58 Å². The minimum absolute atomic E-state index is 0.0218. The third kappa shape index (κ3) is 3.68. The van der Waals surface area contributed by atoms with Crippen LogP contribution in [0.4, 0.5) is 13.6 Å². The highest BCUT2D eigenvalue weighted by Crippen LogP contribution is 2.35. The molecule has 1 atom stereocenters. The molecule has 1 rings (SSSR count). The quantitative estimate of drug-likeness (QED) is 0.702. The van der Waals surface area contributed by atoms with Crippen molar-refractivity contribution in [3.05, 3.63) is 12.7 Å². The van der Waals surface area contributed by atoms with Gasteiger partial charge in [0.15, 0.2) is 0 Å². The molecule has 1 saturated heterocycles. The second-order valence-corrected chi connectivity index (χ2v) is 5.34. The SMILES string of the molecule is C=CCC1CN(C(=O)OC(C)(C)C)CC1(F)F. The second kappa shape index (κ2) is 4.63. The molecule has 17 heavy (non-hydrogen) atoms. The molecule has 0 aliphatic carbocycles. The van der Waals surface area contributed by atoms with E-state index in [1.807, 2.05) is 0 Å². The fraction of sp³-hybridized carbons (Fsp3) is 0.750. The highest BCUT2D eigenvalue weighted by atomic mass is 19.3. The molecule has 0 radical (unpaired) electrons. The highest BCUT2D eigenvalue weighted by molar-refractivity contribution is 5.68. The molecule has 1 heterocycles. The summed E-state index contributed by atoms with van der Waals surface area (Å²) in [5, 5.41) is 0. The zero-order chi connectivity index (χ0) is 13.3. The molecule has 0 aromatic heterocycles. The fourth-order valence-corrected chi connectivity index (χ4v) is 1.76. The van der Waals surface area contributed by atoms with Crippen LogP contribution in [0, 0.1) is 5.92 Å². The zero-order valence-electron chi connectivity index (χ0n) is 10.5. The van der Waals surface area contributed by atoms with E-state index in [-0.39, 0.29) is 13.0 Å². The number of halogens is 2. The first kappa shape index (κ1) is 13.9. The molecular weight excluding hydrogens is 228 g/mol. The maximum absolute atomic E-state index is 13.5. The summed E-state index contributed by atoms with van der Waals surface area (Å²) in [6.07, 6.45) is 0.979. The van der Waals surface area contributed by atoms with E-state index in [1.165, 1.54) is 6.08 Å². The third-order valence-corrected chi connectivity index (χ3v) is 2.54. The van der Waals surface area contributed by atoms with Gasteiger partial charge in [-0.3, -0.25) is 0 Å². The standard InChI is InChI=1S/C12H19F2NO2/c1-5-6-9-7-15(8-12(9,13)14)10(16)17-11(2,3)4/h5,9H,1,6-8H2,2-4H3. The van der Waals surface area contributed by atoms with Gasteiger partial charge in [0.2, 0.25) is 0 Å². The molecular formula is C12H19F2NO2. The van der Waals surface area contributed by atoms with Crippen molar-refractivity contribution in [2.75, 3.05) is 13.1 Å². The molecule has 0 aromatic rings. The average molecular weight is 247 g/mol. The normalized spacial score (nSPS) is 23.6. The summed E-state index contributed by atoms with van der Waals surface area (Å²) >= 11 is 0. The molecule has 1 aliphatic rings. The average Bonchev–Trinajstić information content (AvgIpc) is 2.40. The lowest BCUT2D eigenvalue weighted by Crippen LogP contribution is -2.36. The lowest BCUT2D eigenvalue weighted by molar-refractivity contribution is -0.0288. The summed E-state index contributed by atoms with van der Waals surface area (Å²) in [6.45, 7) is 8.03. The second-order valence-electron chi connectivity index (χ2n) is 5.34. The fourth-order valence-electron chi connectivity index (χ4n) is 1.76. The smallest absolute Gasteiger partial charge is 0.410 e. The Balaban J connectivity index is 2.64. The minimum Gasteiger partial charge on any atom is -0.444 e. The molecule has 98 valence electrons. The first-order chi connectivity index (χ1) is 7.65. The van der Waals surface area contributed by atoms with Gasteiger partial charge in [0.1, 0.15) is 5.60 Å². The van der Waals surface area contributed by atoms with E-state index in [0.717, 1.165) is 4.90 Å². The van der Waals surface area contributed by atoms with Gasteiger partial charge in [0.05, 0.1) is 6.54 Å². The lowest BCUT2D eigenvalue weighted by atomic mass is 10.0. The van der Waals surface area contributed by atoms with Crippen LogP contribution < -0.4 is 0 Å². The van der Waals surface area contributed by atoms with E-state index in [9.17, 15) is 13.6 Å². The predicted octanol–water partition coefficient (Wildman–Crippen LogP) is 3.06. The van der Waals surface area contributed by atoms with Crippen LogP contribution >= 0.6 is 0 Å². The van der Waals surface area contributed by atoms with E-state index >= 15 is 0 Å². The highest BCUT2D eigenvalue weighted by Gasteiger charge is 2.49. The van der Waals surface area contributed by atoms with Crippen molar-refractivity contribution in [1.29, 1.82) is 0 Å². The van der Waals surface area contributed by atoms with Gasteiger partial charge in [-0.05, 0) is 27.2 Å². The van der Waals surface area contributed by atoms with Crippen molar-refractivity contribution in [2.45, 2.75) is 38.7 Å². The topological polar surface area (TPSA) is 29.5 Å². The number of amides is 1. The van der Waals surface area contributed by atoms with Gasteiger partial charge in [-0.2, -0.15) is 0 Å². The number of carbonyl (C=O) groups excluding carboxylic acids is 1. The zero-order valence-corrected chi connectivity index (χ0v) is 10.5. The third-order valence-electron chi connectivity index (χ3n) is 2.54. The summed E-state index contributed by atoms with van der Waals surface area (Å²) in [7, 11) is 0. The van der Waals surface area contributed by atoms with Crippen LogP contribution in [0.3, 0.4) is 0 Å². The van der Waals surface area contributed by atoms with E-state index in [1.54, 1.807) is 20.8 Å². The van der Waals surface area contributed by atoms with Crippen LogP contribution in [-0.2, 0) is 4.74 Å². The number of hydrogen-bond donors (Lipinski definition) is 0. The molecule has 1 unspecified atom stereocenters. The summed E-state index contributed by atoms with van der Waals surface area (Å²) in [4.78, 5) is 12.7. The summed E-state index contributed by atoms with van der Waals surface area (Å²) < 4.78 is 32.2. The van der Waals surface area contributed by atoms with Crippen LogP contribution in [0.2, 0.25) is 0 Å². The number of rotatable bonds is 2. The largest absolute Gasteiger partial charge is 0.444 e. The molecule has 0 spiro atoms. The maximum atomic E-state index is 13.5. The molecule has 1 amide bonds. The van der Waals surface area contributed by atoms with Crippen LogP contribution in [0.15, 0.2) is 12.7 Å². The number of allylic oxidation sites excluding steroid dienone is 1. The Morgan fingerprint density at radius 1 is 1.59 bits per heavy atom. The lowest BCUT2D eigenvalue weighted by Gasteiger charge is -2.24. The Hall–Kier alpha value is -1.13. The van der Waals surface area contributed by atoms with E-state index in [0.29, 0.717) is 0 Å². The van der Waals surface area contributed by atoms with Gasteiger partial charge in [-0.1, -0.05) is 6.08 Å². The van der Waals surface area contributed by atoms with Gasteiger partial charge < -0.3 is 9.64 Å². The van der Waals surface area contributed by atoms with Crippen molar-refractivity contribution >= 4 is 6.09 Å². The summed E-state index contributed by atoms with van der Waals surface area (Å²) in [5.74, 6) is -3.71. The van der Waals surface area contributed by atoms with Crippen molar-refractivity contribution in [1.82, 2.24) is 4.90 Å². The first-order valence-electron chi connectivity index (χ1n) is 5.62. The molecule has 0 N–H and O–H groups in total. The van der Waals surface area contributed by atoms with Gasteiger partial charge in [-0.25, -0.2) is 13.6 Å². The molecule has 0 saturated carbocycles. The number of ether oxygens (including phenoxy) is 1. The monoisotopic (exact) mass is 247 g/mol. The predicted molar refractivity (Wildman–Crippen MR) is 61.1 cm³/mol. The minimum atomic E-state index is -2.86. The first-order valence-corrected chi connectivity index (χ1v) is 5.62. The molecule has 0 aromatic carbocycles.